The minimum absolute atomic E-state index is 0.618. The number of rotatable bonds is 2. The monoisotopic (exact) mass is 267 g/mol. The first-order chi connectivity index (χ1) is 6.79. The van der Waals surface area contributed by atoms with E-state index in [9.17, 15) is 0 Å². The molecule has 0 amide bonds. The smallest absolute Gasteiger partial charge is 0.0346 e. The highest BCUT2D eigenvalue weighted by Gasteiger charge is 2.00. The fraction of sp³-hybridized carbons (Fsp3) is 0.0909. The van der Waals surface area contributed by atoms with Crippen LogP contribution in [0.5, 0.6) is 0 Å². The van der Waals surface area contributed by atoms with Crippen LogP contribution in [0.25, 0.3) is 10.4 Å². The molecule has 2 aromatic rings. The normalized spacial score (nSPS) is 10.4. The molecule has 0 bridgehead atoms. The van der Waals surface area contributed by atoms with E-state index < -0.39 is 0 Å². The van der Waals surface area contributed by atoms with E-state index in [0.29, 0.717) is 6.54 Å². The van der Waals surface area contributed by atoms with Crippen LogP contribution in [-0.4, -0.2) is 0 Å². The lowest BCUT2D eigenvalue weighted by atomic mass is 10.2. The summed E-state index contributed by atoms with van der Waals surface area (Å²) in [6.45, 7) is 0.618. The van der Waals surface area contributed by atoms with Crippen LogP contribution in [-0.2, 0) is 6.54 Å². The Hall–Kier alpha value is -0.640. The molecule has 1 aromatic carbocycles. The molecule has 14 heavy (non-hydrogen) atoms. The van der Waals surface area contributed by atoms with E-state index in [1.807, 2.05) is 0 Å². The molecule has 0 atom stereocenters. The lowest BCUT2D eigenvalue weighted by Gasteiger charge is -1.96. The quantitative estimate of drug-likeness (QED) is 0.884. The Balaban J connectivity index is 2.34. The molecule has 0 saturated heterocycles. The summed E-state index contributed by atoms with van der Waals surface area (Å²) >= 11 is 5.16. The molecule has 1 nitrogen and oxygen atoms in total. The van der Waals surface area contributed by atoms with Crippen LogP contribution < -0.4 is 5.73 Å². The van der Waals surface area contributed by atoms with Crippen LogP contribution in [0.15, 0.2) is 40.2 Å². The van der Waals surface area contributed by atoms with Crippen molar-refractivity contribution in [2.24, 2.45) is 5.73 Å². The van der Waals surface area contributed by atoms with E-state index in [0.717, 1.165) is 4.47 Å². The summed E-state index contributed by atoms with van der Waals surface area (Å²) < 4.78 is 1.11. The maximum Gasteiger partial charge on any atom is 0.0346 e. The molecule has 0 spiro atoms. The summed E-state index contributed by atoms with van der Waals surface area (Å²) in [4.78, 5) is 1.28. The number of nitrogens with two attached hydrogens (primary N) is 1. The second-order valence-corrected chi connectivity index (χ2v) is 4.86. The van der Waals surface area contributed by atoms with Crippen molar-refractivity contribution in [1.29, 1.82) is 0 Å². The van der Waals surface area contributed by atoms with Crippen LogP contribution in [0, 0.1) is 0 Å². The average Bonchev–Trinajstić information content (AvgIpc) is 2.67. The molecule has 0 aliphatic carbocycles. The van der Waals surface area contributed by atoms with Crippen LogP contribution >= 0.6 is 27.3 Å². The fourth-order valence-corrected chi connectivity index (χ4v) is 2.45. The van der Waals surface area contributed by atoms with Crippen molar-refractivity contribution in [3.63, 3.8) is 0 Å². The van der Waals surface area contributed by atoms with Crippen molar-refractivity contribution in [3.05, 3.63) is 45.7 Å². The van der Waals surface area contributed by atoms with Crippen molar-refractivity contribution in [2.75, 3.05) is 0 Å². The molecule has 0 saturated carbocycles. The Kier molecular flexibility index (Phi) is 3.01. The summed E-state index contributed by atoms with van der Waals surface area (Å²) in [6, 6.07) is 10.5. The Morgan fingerprint density at radius 1 is 1.21 bits per heavy atom. The average molecular weight is 268 g/mol. The second kappa shape index (κ2) is 4.26. The van der Waals surface area contributed by atoms with Crippen molar-refractivity contribution in [1.82, 2.24) is 0 Å². The lowest BCUT2D eigenvalue weighted by Crippen LogP contribution is -1.92. The zero-order valence-electron chi connectivity index (χ0n) is 7.53. The van der Waals surface area contributed by atoms with Crippen LogP contribution in [0.1, 0.15) is 5.56 Å². The standard InChI is InChI=1S/C11H10BrNS/c12-10-3-1-9(2-4-10)11-5-8(6-13)7-14-11/h1-5,7H,6,13H2. The van der Waals surface area contributed by atoms with E-state index in [4.69, 9.17) is 5.73 Å². The first-order valence-electron chi connectivity index (χ1n) is 4.33. The Labute approximate surface area is 95.7 Å². The van der Waals surface area contributed by atoms with E-state index in [2.05, 4.69) is 51.6 Å². The van der Waals surface area contributed by atoms with Gasteiger partial charge in [0.05, 0.1) is 0 Å². The SMILES string of the molecule is NCc1csc(-c2ccc(Br)cc2)c1. The molecule has 1 aromatic heterocycles. The van der Waals surface area contributed by atoms with Gasteiger partial charge in [-0.3, -0.25) is 0 Å². The van der Waals surface area contributed by atoms with Gasteiger partial charge < -0.3 is 5.73 Å². The molecular formula is C11H10BrNS. The van der Waals surface area contributed by atoms with Gasteiger partial charge in [-0.05, 0) is 34.7 Å². The first-order valence-corrected chi connectivity index (χ1v) is 6.00. The largest absolute Gasteiger partial charge is 0.326 e. The van der Waals surface area contributed by atoms with Gasteiger partial charge in [-0.1, -0.05) is 28.1 Å². The van der Waals surface area contributed by atoms with Gasteiger partial charge in [-0.15, -0.1) is 11.3 Å². The zero-order chi connectivity index (χ0) is 9.97. The van der Waals surface area contributed by atoms with Crippen LogP contribution in [0.4, 0.5) is 0 Å². The second-order valence-electron chi connectivity index (χ2n) is 3.03. The number of hydrogen-bond donors (Lipinski definition) is 1. The third-order valence-corrected chi connectivity index (χ3v) is 3.57. The van der Waals surface area contributed by atoms with Crippen molar-refractivity contribution in [3.8, 4) is 10.4 Å². The van der Waals surface area contributed by atoms with Gasteiger partial charge in [-0.2, -0.15) is 0 Å². The van der Waals surface area contributed by atoms with Gasteiger partial charge in [0.1, 0.15) is 0 Å². The molecule has 0 unspecified atom stereocenters. The van der Waals surface area contributed by atoms with Gasteiger partial charge in [0, 0.05) is 15.9 Å². The van der Waals surface area contributed by atoms with E-state index in [-0.39, 0.29) is 0 Å². The zero-order valence-corrected chi connectivity index (χ0v) is 9.94. The highest BCUT2D eigenvalue weighted by atomic mass is 79.9. The minimum Gasteiger partial charge on any atom is -0.326 e. The predicted octanol–water partition coefficient (Wildman–Crippen LogP) is 3.64. The number of thiophene rings is 1. The third kappa shape index (κ3) is 2.05. The molecule has 0 aliphatic heterocycles. The summed E-state index contributed by atoms with van der Waals surface area (Å²) in [5.41, 5.74) is 8.01. The van der Waals surface area contributed by atoms with E-state index in [1.165, 1.54) is 16.0 Å². The van der Waals surface area contributed by atoms with E-state index >= 15 is 0 Å². The maximum absolute atomic E-state index is 5.56. The first kappa shape index (κ1) is 9.90. The van der Waals surface area contributed by atoms with Crippen LogP contribution in [0.2, 0.25) is 0 Å². The van der Waals surface area contributed by atoms with Crippen molar-refractivity contribution < 1.29 is 0 Å². The third-order valence-electron chi connectivity index (χ3n) is 2.02. The maximum atomic E-state index is 5.56. The number of hydrogen-bond acceptors (Lipinski definition) is 2. The molecule has 0 aliphatic rings. The molecule has 3 heteroatoms. The van der Waals surface area contributed by atoms with E-state index in [1.54, 1.807) is 11.3 Å². The van der Waals surface area contributed by atoms with Gasteiger partial charge >= 0.3 is 0 Å². The fourth-order valence-electron chi connectivity index (χ4n) is 1.25. The minimum atomic E-state index is 0.618. The number of halogens is 1. The summed E-state index contributed by atoms with van der Waals surface area (Å²) in [5, 5.41) is 2.11. The Bertz CT molecular complexity index is 419. The Morgan fingerprint density at radius 2 is 1.93 bits per heavy atom. The van der Waals surface area contributed by atoms with Crippen LogP contribution in [0.3, 0.4) is 0 Å². The summed E-state index contributed by atoms with van der Waals surface area (Å²) in [5.74, 6) is 0. The lowest BCUT2D eigenvalue weighted by molar-refractivity contribution is 1.08. The van der Waals surface area contributed by atoms with Crippen molar-refractivity contribution in [2.45, 2.75) is 6.54 Å². The van der Waals surface area contributed by atoms with Crippen molar-refractivity contribution >= 4 is 27.3 Å². The molecular weight excluding hydrogens is 258 g/mol. The highest BCUT2D eigenvalue weighted by molar-refractivity contribution is 9.10. The summed E-state index contributed by atoms with van der Waals surface area (Å²) in [7, 11) is 0. The molecule has 72 valence electrons. The summed E-state index contributed by atoms with van der Waals surface area (Å²) in [6.07, 6.45) is 0. The molecule has 2 N–H and O–H groups in total. The molecule has 0 fully saturated rings. The number of benzene rings is 1. The molecule has 0 radical (unpaired) electrons. The van der Waals surface area contributed by atoms with Gasteiger partial charge in [0.25, 0.3) is 0 Å². The highest BCUT2D eigenvalue weighted by Crippen LogP contribution is 2.27. The molecule has 2 rings (SSSR count). The predicted molar refractivity (Wildman–Crippen MR) is 65.3 cm³/mol. The van der Waals surface area contributed by atoms with Gasteiger partial charge in [0.2, 0.25) is 0 Å². The molecule has 1 heterocycles. The van der Waals surface area contributed by atoms with Gasteiger partial charge in [-0.25, -0.2) is 0 Å². The van der Waals surface area contributed by atoms with Gasteiger partial charge in [0.15, 0.2) is 0 Å². The Morgan fingerprint density at radius 3 is 2.50 bits per heavy atom. The topological polar surface area (TPSA) is 26.0 Å².